The van der Waals surface area contributed by atoms with E-state index in [0.717, 1.165) is 0 Å². The van der Waals surface area contributed by atoms with E-state index in [1.54, 1.807) is 32.9 Å². The largest absolute Gasteiger partial charge is 0.444 e. The van der Waals surface area contributed by atoms with Crippen molar-refractivity contribution >= 4 is 29.6 Å². The number of hydrogen-bond donors (Lipinski definition) is 4. The molecule has 27 heavy (non-hydrogen) atoms. The van der Waals surface area contributed by atoms with Crippen LogP contribution in [0.4, 0.5) is 10.5 Å². The summed E-state index contributed by atoms with van der Waals surface area (Å²) in [6.45, 7) is 5.05. The Hall–Kier alpha value is -3.30. The van der Waals surface area contributed by atoms with E-state index < -0.39 is 29.6 Å². The Bertz CT molecular complexity index is 705. The average molecular weight is 379 g/mol. The molecule has 1 rings (SSSR count). The second-order valence-electron chi connectivity index (χ2n) is 6.66. The van der Waals surface area contributed by atoms with Crippen LogP contribution >= 0.6 is 0 Å². The number of primary amides is 1. The molecule has 0 aromatic heterocycles. The third kappa shape index (κ3) is 9.10. The zero-order valence-corrected chi connectivity index (χ0v) is 15.5. The van der Waals surface area contributed by atoms with Crippen LogP contribution in [-0.2, 0) is 14.3 Å². The number of alkyl carbamates (subject to hydrolysis) is 1. The standard InChI is InChI=1S/C17H25N5O5/c1-17(2,3)27-16(25)22-12(8-9-13(18)23)14(24)26-11-6-4-10(5-7-11)21-15(19)20/h4-7,12H,8-9H2,1-3H3,(H2,18,23)(H,22,25)(H4,19,20,21)/t12-/m1/s1. The molecule has 1 atom stereocenters. The maximum Gasteiger partial charge on any atom is 0.408 e. The first-order chi connectivity index (χ1) is 12.5. The van der Waals surface area contributed by atoms with Gasteiger partial charge in [-0.1, -0.05) is 0 Å². The Balaban J connectivity index is 2.81. The molecule has 7 N–H and O–H groups in total. The lowest BCUT2D eigenvalue weighted by atomic mass is 10.1. The van der Waals surface area contributed by atoms with E-state index in [0.29, 0.717) is 5.69 Å². The van der Waals surface area contributed by atoms with E-state index in [-0.39, 0.29) is 24.6 Å². The molecule has 10 heteroatoms. The van der Waals surface area contributed by atoms with Gasteiger partial charge in [0.2, 0.25) is 5.91 Å². The fourth-order valence-electron chi connectivity index (χ4n) is 1.91. The van der Waals surface area contributed by atoms with Crippen LogP contribution in [-0.4, -0.2) is 35.6 Å². The summed E-state index contributed by atoms with van der Waals surface area (Å²) in [6, 6.07) is 4.95. The van der Waals surface area contributed by atoms with Gasteiger partial charge in [-0.3, -0.25) is 4.79 Å². The minimum atomic E-state index is -1.11. The van der Waals surface area contributed by atoms with Crippen LogP contribution in [0.15, 0.2) is 29.3 Å². The Morgan fingerprint density at radius 3 is 2.19 bits per heavy atom. The second-order valence-corrected chi connectivity index (χ2v) is 6.66. The number of amides is 2. The van der Waals surface area contributed by atoms with Crippen molar-refractivity contribution in [2.24, 2.45) is 22.2 Å². The molecule has 0 aliphatic heterocycles. The van der Waals surface area contributed by atoms with Crippen molar-refractivity contribution in [1.82, 2.24) is 5.32 Å². The molecule has 0 unspecified atom stereocenters. The van der Waals surface area contributed by atoms with Gasteiger partial charge in [-0.25, -0.2) is 14.6 Å². The van der Waals surface area contributed by atoms with E-state index in [9.17, 15) is 14.4 Å². The highest BCUT2D eigenvalue weighted by molar-refractivity contribution is 5.84. The number of rotatable bonds is 7. The van der Waals surface area contributed by atoms with Crippen LogP contribution in [0.1, 0.15) is 33.6 Å². The lowest BCUT2D eigenvalue weighted by molar-refractivity contribution is -0.137. The SMILES string of the molecule is CC(C)(C)OC(=O)N[C@H](CCC(N)=O)C(=O)Oc1ccc(N=C(N)N)cc1. The highest BCUT2D eigenvalue weighted by Crippen LogP contribution is 2.19. The van der Waals surface area contributed by atoms with E-state index >= 15 is 0 Å². The predicted molar refractivity (Wildman–Crippen MR) is 99.1 cm³/mol. The second kappa shape index (κ2) is 9.41. The number of guanidine groups is 1. The first-order valence-electron chi connectivity index (χ1n) is 8.15. The number of nitrogens with one attached hydrogen (secondary N) is 1. The average Bonchev–Trinajstić information content (AvgIpc) is 2.50. The van der Waals surface area contributed by atoms with E-state index in [1.165, 1.54) is 12.1 Å². The molecule has 0 spiro atoms. The fourth-order valence-corrected chi connectivity index (χ4v) is 1.91. The number of benzene rings is 1. The molecule has 2 amide bonds. The molecule has 0 saturated carbocycles. The molecule has 0 bridgehead atoms. The normalized spacial score (nSPS) is 11.8. The molecule has 0 aliphatic carbocycles. The molecule has 0 saturated heterocycles. The van der Waals surface area contributed by atoms with Crippen LogP contribution in [0.2, 0.25) is 0 Å². The van der Waals surface area contributed by atoms with Gasteiger partial charge in [-0.15, -0.1) is 0 Å². The number of ether oxygens (including phenoxy) is 2. The number of hydrogen-bond acceptors (Lipinski definition) is 6. The lowest BCUT2D eigenvalue weighted by Gasteiger charge is -2.22. The Morgan fingerprint density at radius 2 is 1.70 bits per heavy atom. The van der Waals surface area contributed by atoms with Crippen LogP contribution < -0.4 is 27.3 Å². The first-order valence-corrected chi connectivity index (χ1v) is 8.15. The van der Waals surface area contributed by atoms with Crippen molar-refractivity contribution in [3.05, 3.63) is 24.3 Å². The van der Waals surface area contributed by atoms with Crippen molar-refractivity contribution in [3.63, 3.8) is 0 Å². The third-order valence-corrected chi connectivity index (χ3v) is 2.97. The number of aliphatic imine (C=N–C) groups is 1. The summed E-state index contributed by atoms with van der Waals surface area (Å²) < 4.78 is 10.3. The highest BCUT2D eigenvalue weighted by Gasteiger charge is 2.26. The summed E-state index contributed by atoms with van der Waals surface area (Å²) >= 11 is 0. The van der Waals surface area contributed by atoms with Gasteiger partial charge in [-0.2, -0.15) is 0 Å². The Labute approximate surface area is 157 Å². The minimum absolute atomic E-state index is 0.0283. The first kappa shape index (κ1) is 21.7. The maximum atomic E-state index is 12.4. The topological polar surface area (TPSA) is 172 Å². The molecule has 10 nitrogen and oxygen atoms in total. The number of carbonyl (C=O) groups excluding carboxylic acids is 3. The van der Waals surface area contributed by atoms with Crippen LogP contribution in [0.25, 0.3) is 0 Å². The summed E-state index contributed by atoms with van der Waals surface area (Å²) in [4.78, 5) is 39.2. The smallest absolute Gasteiger partial charge is 0.408 e. The maximum absolute atomic E-state index is 12.4. The van der Waals surface area contributed by atoms with E-state index in [2.05, 4.69) is 10.3 Å². The monoisotopic (exact) mass is 379 g/mol. The van der Waals surface area contributed by atoms with Crippen molar-refractivity contribution in [2.45, 2.75) is 45.3 Å². The van der Waals surface area contributed by atoms with Crippen LogP contribution in [0.3, 0.4) is 0 Å². The number of esters is 1. The molecule has 148 valence electrons. The lowest BCUT2D eigenvalue weighted by Crippen LogP contribution is -2.45. The number of nitrogens with zero attached hydrogens (tertiary/aromatic N) is 1. The van der Waals surface area contributed by atoms with E-state index in [4.69, 9.17) is 26.7 Å². The molecule has 1 aromatic carbocycles. The summed E-state index contributed by atoms with van der Waals surface area (Å²) in [5.74, 6) is -1.27. The van der Waals surface area contributed by atoms with Gasteiger partial charge in [0.25, 0.3) is 0 Å². The zero-order chi connectivity index (χ0) is 20.6. The molecule has 0 radical (unpaired) electrons. The Kier molecular flexibility index (Phi) is 7.58. The zero-order valence-electron chi connectivity index (χ0n) is 15.5. The predicted octanol–water partition coefficient (Wildman–Crippen LogP) is 0.656. The van der Waals surface area contributed by atoms with Crippen LogP contribution in [0.5, 0.6) is 5.75 Å². The molecule has 0 fully saturated rings. The molecule has 0 aliphatic rings. The van der Waals surface area contributed by atoms with E-state index in [1.807, 2.05) is 0 Å². The quantitative estimate of drug-likeness (QED) is 0.233. The fraction of sp³-hybridized carbons (Fsp3) is 0.412. The van der Waals surface area contributed by atoms with Gasteiger partial charge in [0.15, 0.2) is 5.96 Å². The van der Waals surface area contributed by atoms with Crippen molar-refractivity contribution in [1.29, 1.82) is 0 Å². The number of nitrogens with two attached hydrogens (primary N) is 3. The van der Waals surface area contributed by atoms with Gasteiger partial charge in [-0.05, 0) is 51.5 Å². The van der Waals surface area contributed by atoms with Crippen LogP contribution in [0, 0.1) is 0 Å². The van der Waals surface area contributed by atoms with Gasteiger partial charge in [0.1, 0.15) is 17.4 Å². The van der Waals surface area contributed by atoms with Crippen molar-refractivity contribution < 1.29 is 23.9 Å². The summed E-state index contributed by atoms with van der Waals surface area (Å²) in [7, 11) is 0. The molecule has 0 heterocycles. The Morgan fingerprint density at radius 1 is 1.11 bits per heavy atom. The highest BCUT2D eigenvalue weighted by atomic mass is 16.6. The third-order valence-electron chi connectivity index (χ3n) is 2.97. The van der Waals surface area contributed by atoms with Gasteiger partial charge in [0, 0.05) is 6.42 Å². The van der Waals surface area contributed by atoms with Gasteiger partial charge >= 0.3 is 12.1 Å². The van der Waals surface area contributed by atoms with Gasteiger partial charge in [0.05, 0.1) is 5.69 Å². The molecule has 1 aromatic rings. The summed E-state index contributed by atoms with van der Waals surface area (Å²) in [5.41, 5.74) is 15.4. The summed E-state index contributed by atoms with van der Waals surface area (Å²) in [6.07, 6.45) is -0.949. The molecular weight excluding hydrogens is 354 g/mol. The van der Waals surface area contributed by atoms with Crippen molar-refractivity contribution in [3.8, 4) is 5.75 Å². The molecular formula is C17H25N5O5. The minimum Gasteiger partial charge on any atom is -0.444 e. The number of carbonyl (C=O) groups is 3. The van der Waals surface area contributed by atoms with Crippen molar-refractivity contribution in [2.75, 3.05) is 0 Å². The summed E-state index contributed by atoms with van der Waals surface area (Å²) in [5, 5.41) is 2.39. The van der Waals surface area contributed by atoms with Gasteiger partial charge < -0.3 is 32.0 Å².